The van der Waals surface area contributed by atoms with Gasteiger partial charge in [-0.15, -0.1) is 24.8 Å². The summed E-state index contributed by atoms with van der Waals surface area (Å²) in [5.74, 6) is 0.863. The van der Waals surface area contributed by atoms with E-state index in [1.165, 1.54) is 0 Å². The number of carbonyl (C=O) groups is 2. The minimum absolute atomic E-state index is 0. The van der Waals surface area contributed by atoms with Gasteiger partial charge >= 0.3 is 0 Å². The van der Waals surface area contributed by atoms with Crippen molar-refractivity contribution in [1.29, 1.82) is 0 Å². The van der Waals surface area contributed by atoms with Crippen LogP contribution < -0.4 is 10.6 Å². The molecule has 0 aromatic carbocycles. The van der Waals surface area contributed by atoms with E-state index in [-0.39, 0.29) is 48.5 Å². The molecule has 1 unspecified atom stereocenters. The average Bonchev–Trinajstić information content (AvgIpc) is 2.64. The third kappa shape index (κ3) is 6.08. The number of halogens is 3. The number of aromatic nitrogens is 1. The lowest BCUT2D eigenvalue weighted by Crippen LogP contribution is -2.47. The fourth-order valence-corrected chi connectivity index (χ4v) is 3.60. The zero-order valence-corrected chi connectivity index (χ0v) is 17.7. The van der Waals surface area contributed by atoms with Crippen LogP contribution in [0.15, 0.2) is 22.8 Å². The number of rotatable bonds is 3. The first-order chi connectivity index (χ1) is 11.6. The third-order valence-corrected chi connectivity index (χ3v) is 5.27. The Labute approximate surface area is 174 Å². The van der Waals surface area contributed by atoms with Crippen LogP contribution in [0.25, 0.3) is 0 Å². The van der Waals surface area contributed by atoms with Crippen molar-refractivity contribution in [3.8, 4) is 0 Å². The highest BCUT2D eigenvalue weighted by molar-refractivity contribution is 9.10. The highest BCUT2D eigenvalue weighted by Gasteiger charge is 2.31. The molecule has 2 saturated heterocycles. The van der Waals surface area contributed by atoms with E-state index in [1.807, 2.05) is 11.0 Å². The van der Waals surface area contributed by atoms with Gasteiger partial charge in [0.05, 0.1) is 5.92 Å². The van der Waals surface area contributed by atoms with Gasteiger partial charge < -0.3 is 15.5 Å². The number of anilines is 1. The van der Waals surface area contributed by atoms with Gasteiger partial charge in [-0.1, -0.05) is 0 Å². The maximum atomic E-state index is 12.5. The first-order valence-electron chi connectivity index (χ1n) is 8.55. The molecule has 1 aromatic heterocycles. The van der Waals surface area contributed by atoms with Gasteiger partial charge in [-0.2, -0.15) is 0 Å². The smallest absolute Gasteiger partial charge is 0.228 e. The molecule has 146 valence electrons. The number of pyridine rings is 1. The molecule has 3 heterocycles. The molecule has 0 bridgehead atoms. The molecule has 2 amide bonds. The van der Waals surface area contributed by atoms with Crippen LogP contribution in [-0.2, 0) is 9.59 Å². The van der Waals surface area contributed by atoms with Gasteiger partial charge in [-0.3, -0.25) is 9.59 Å². The summed E-state index contributed by atoms with van der Waals surface area (Å²) >= 11 is 3.32. The second-order valence-electron chi connectivity index (χ2n) is 6.49. The Hall–Kier alpha value is -0.890. The summed E-state index contributed by atoms with van der Waals surface area (Å²) in [6.45, 7) is 3.13. The highest BCUT2D eigenvalue weighted by atomic mass is 79.9. The molecule has 2 aliphatic rings. The first-order valence-corrected chi connectivity index (χ1v) is 9.34. The van der Waals surface area contributed by atoms with Crippen LogP contribution >= 0.6 is 40.7 Å². The zero-order valence-electron chi connectivity index (χ0n) is 14.4. The monoisotopic (exact) mass is 466 g/mol. The SMILES string of the molecule is Cl.Cl.O=C(Nc1ccc(Br)cn1)C1CCN(C(=O)C2CCCNC2)CC1. The number of amides is 2. The van der Waals surface area contributed by atoms with E-state index in [0.717, 1.165) is 30.4 Å². The van der Waals surface area contributed by atoms with Crippen molar-refractivity contribution in [2.75, 3.05) is 31.5 Å². The maximum Gasteiger partial charge on any atom is 0.228 e. The van der Waals surface area contributed by atoms with Crippen molar-refractivity contribution in [3.05, 3.63) is 22.8 Å². The molecule has 1 atom stereocenters. The molecule has 3 rings (SSSR count). The number of likely N-dealkylation sites (tertiary alicyclic amines) is 1. The number of piperidine rings is 2. The molecule has 2 fully saturated rings. The van der Waals surface area contributed by atoms with Crippen molar-refractivity contribution in [3.63, 3.8) is 0 Å². The fraction of sp³-hybridized carbons (Fsp3) is 0.588. The molecule has 0 aliphatic carbocycles. The predicted octanol–water partition coefficient (Wildman–Crippen LogP) is 2.86. The molecule has 1 aromatic rings. The van der Waals surface area contributed by atoms with Crippen LogP contribution in [0.1, 0.15) is 25.7 Å². The predicted molar refractivity (Wildman–Crippen MR) is 110 cm³/mol. The quantitative estimate of drug-likeness (QED) is 0.716. The second kappa shape index (κ2) is 11.1. The number of hydrogen-bond acceptors (Lipinski definition) is 4. The second-order valence-corrected chi connectivity index (χ2v) is 7.41. The molecule has 0 saturated carbocycles. The maximum absolute atomic E-state index is 12.5. The van der Waals surface area contributed by atoms with E-state index in [2.05, 4.69) is 31.5 Å². The van der Waals surface area contributed by atoms with Crippen LogP contribution in [0.5, 0.6) is 0 Å². The lowest BCUT2D eigenvalue weighted by atomic mass is 9.93. The molecular weight excluding hydrogens is 443 g/mol. The molecule has 9 heteroatoms. The summed E-state index contributed by atoms with van der Waals surface area (Å²) in [5.41, 5.74) is 0. The van der Waals surface area contributed by atoms with Crippen molar-refractivity contribution in [1.82, 2.24) is 15.2 Å². The van der Waals surface area contributed by atoms with Gasteiger partial charge in [0.1, 0.15) is 5.82 Å². The Morgan fingerprint density at radius 2 is 1.88 bits per heavy atom. The molecule has 2 N–H and O–H groups in total. The van der Waals surface area contributed by atoms with Crippen molar-refractivity contribution >= 4 is 58.4 Å². The van der Waals surface area contributed by atoms with E-state index < -0.39 is 0 Å². The Morgan fingerprint density at radius 3 is 2.46 bits per heavy atom. The van der Waals surface area contributed by atoms with Gasteiger partial charge in [-0.25, -0.2) is 4.98 Å². The standard InChI is InChI=1S/C17H23BrN4O2.2ClH/c18-14-3-4-15(20-11-14)21-16(23)12-5-8-22(9-6-12)17(24)13-2-1-7-19-10-13;;/h3-4,11-13,19H,1-2,5-10H2,(H,20,21,23);2*1H. The van der Waals surface area contributed by atoms with Gasteiger partial charge in [0.25, 0.3) is 0 Å². The molecule has 26 heavy (non-hydrogen) atoms. The Balaban J connectivity index is 0.00000169. The van der Waals surface area contributed by atoms with Crippen LogP contribution in [0.2, 0.25) is 0 Å². The van der Waals surface area contributed by atoms with Crippen LogP contribution in [0.4, 0.5) is 5.82 Å². The van der Waals surface area contributed by atoms with Crippen molar-refractivity contribution in [2.45, 2.75) is 25.7 Å². The zero-order chi connectivity index (χ0) is 16.9. The fourth-order valence-electron chi connectivity index (χ4n) is 3.36. The Kier molecular flexibility index (Phi) is 9.85. The van der Waals surface area contributed by atoms with E-state index in [9.17, 15) is 9.59 Å². The van der Waals surface area contributed by atoms with Crippen LogP contribution in [0, 0.1) is 11.8 Å². The van der Waals surface area contributed by atoms with Gasteiger partial charge in [0, 0.05) is 36.2 Å². The summed E-state index contributed by atoms with van der Waals surface area (Å²) in [7, 11) is 0. The van der Waals surface area contributed by atoms with Crippen molar-refractivity contribution in [2.24, 2.45) is 11.8 Å². The van der Waals surface area contributed by atoms with Crippen LogP contribution in [-0.4, -0.2) is 47.9 Å². The minimum Gasteiger partial charge on any atom is -0.342 e. The minimum atomic E-state index is -0.0519. The summed E-state index contributed by atoms with van der Waals surface area (Å²) in [6.07, 6.45) is 5.13. The van der Waals surface area contributed by atoms with E-state index >= 15 is 0 Å². The average molecular weight is 468 g/mol. The summed E-state index contributed by atoms with van der Waals surface area (Å²) in [5, 5.41) is 6.15. The van der Waals surface area contributed by atoms with E-state index in [0.29, 0.717) is 31.7 Å². The lowest BCUT2D eigenvalue weighted by molar-refractivity contribution is -0.138. The molecular formula is C17H25BrCl2N4O2. The highest BCUT2D eigenvalue weighted by Crippen LogP contribution is 2.22. The molecule has 6 nitrogen and oxygen atoms in total. The normalized spacial score (nSPS) is 20.5. The third-order valence-electron chi connectivity index (χ3n) is 4.80. The van der Waals surface area contributed by atoms with E-state index in [1.54, 1.807) is 12.3 Å². The summed E-state index contributed by atoms with van der Waals surface area (Å²) in [4.78, 5) is 31.0. The van der Waals surface area contributed by atoms with Gasteiger partial charge in [0.15, 0.2) is 0 Å². The molecule has 0 radical (unpaired) electrons. The van der Waals surface area contributed by atoms with Crippen LogP contribution in [0.3, 0.4) is 0 Å². The van der Waals surface area contributed by atoms with Gasteiger partial charge in [0.2, 0.25) is 11.8 Å². The number of nitrogens with zero attached hydrogens (tertiary/aromatic N) is 2. The Morgan fingerprint density at radius 1 is 1.15 bits per heavy atom. The molecule has 2 aliphatic heterocycles. The largest absolute Gasteiger partial charge is 0.342 e. The number of carbonyl (C=O) groups excluding carboxylic acids is 2. The van der Waals surface area contributed by atoms with E-state index in [4.69, 9.17) is 0 Å². The number of hydrogen-bond donors (Lipinski definition) is 2. The van der Waals surface area contributed by atoms with Gasteiger partial charge in [-0.05, 0) is 60.3 Å². The summed E-state index contributed by atoms with van der Waals surface area (Å²) in [6, 6.07) is 3.62. The first kappa shape index (κ1) is 23.1. The molecule has 0 spiro atoms. The number of nitrogens with one attached hydrogen (secondary N) is 2. The lowest BCUT2D eigenvalue weighted by Gasteiger charge is -2.34. The summed E-state index contributed by atoms with van der Waals surface area (Å²) < 4.78 is 0.879. The van der Waals surface area contributed by atoms with Crippen molar-refractivity contribution < 1.29 is 9.59 Å². The topological polar surface area (TPSA) is 74.3 Å². The Bertz CT molecular complexity index is 589.